The Morgan fingerprint density at radius 3 is 2.31 bits per heavy atom. The molecular weight excluding hydrogens is 193 g/mol. The third kappa shape index (κ3) is 1.32. The van der Waals surface area contributed by atoms with E-state index in [-0.39, 0.29) is 0 Å². The van der Waals surface area contributed by atoms with Gasteiger partial charge in [-0.2, -0.15) is 8.78 Å². The summed E-state index contributed by atoms with van der Waals surface area (Å²) < 4.78 is 41.9. The fourth-order valence-corrected chi connectivity index (χ4v) is 0.951. The molecule has 77 valence electrons. The molecule has 1 fully saturated rings. The highest BCUT2D eigenvalue weighted by molar-refractivity contribution is 5.05. The maximum atomic E-state index is 12.9. The summed E-state index contributed by atoms with van der Waals surface area (Å²) in [7, 11) is 0. The van der Waals surface area contributed by atoms with Crippen molar-refractivity contribution < 1.29 is 33.2 Å². The van der Waals surface area contributed by atoms with E-state index in [4.69, 9.17) is 15.3 Å². The molecule has 1 saturated heterocycles. The van der Waals surface area contributed by atoms with E-state index in [2.05, 4.69) is 4.74 Å². The zero-order valence-corrected chi connectivity index (χ0v) is 6.54. The third-order valence-electron chi connectivity index (χ3n) is 1.85. The lowest BCUT2D eigenvalue weighted by atomic mass is 9.96. The van der Waals surface area contributed by atoms with Gasteiger partial charge in [-0.15, -0.1) is 0 Å². The van der Waals surface area contributed by atoms with Crippen LogP contribution in [-0.4, -0.2) is 39.2 Å². The highest BCUT2D eigenvalue weighted by Crippen LogP contribution is 2.44. The molecule has 1 aliphatic heterocycles. The molecule has 0 aromatic rings. The van der Waals surface area contributed by atoms with E-state index in [0.29, 0.717) is 0 Å². The van der Waals surface area contributed by atoms with Crippen molar-refractivity contribution in [2.75, 3.05) is 0 Å². The fourth-order valence-electron chi connectivity index (χ4n) is 0.951. The van der Waals surface area contributed by atoms with Crippen molar-refractivity contribution >= 4 is 0 Å². The maximum Gasteiger partial charge on any atom is 0.340 e. The molecule has 1 aliphatic rings. The number of aliphatic hydroxyl groups is 3. The molecule has 0 amide bonds. The molecule has 3 N–H and O–H groups in total. The molecule has 4 atom stereocenters. The van der Waals surface area contributed by atoms with E-state index < -0.39 is 30.3 Å². The summed E-state index contributed by atoms with van der Waals surface area (Å²) in [4.78, 5) is 0. The van der Waals surface area contributed by atoms with Crippen LogP contribution in [0.3, 0.4) is 0 Å². The van der Waals surface area contributed by atoms with Crippen LogP contribution in [0.2, 0.25) is 0 Å². The van der Waals surface area contributed by atoms with Crippen molar-refractivity contribution in [3.8, 4) is 0 Å². The molecule has 4 nitrogen and oxygen atoms in total. The number of ether oxygens (including phenoxy) is 1. The predicted molar refractivity (Wildman–Crippen MR) is 33.0 cm³/mol. The van der Waals surface area contributed by atoms with Crippen LogP contribution in [0.1, 0.15) is 6.92 Å². The smallest absolute Gasteiger partial charge is 0.340 e. The van der Waals surface area contributed by atoms with Crippen LogP contribution in [0, 0.1) is 6.36 Å². The molecule has 1 rings (SSSR count). The fraction of sp³-hybridized carbons (Fsp3) is 0.833. The van der Waals surface area contributed by atoms with Gasteiger partial charge in [0, 0.05) is 0 Å². The van der Waals surface area contributed by atoms with Gasteiger partial charge in [0.15, 0.2) is 0 Å². The second kappa shape index (κ2) is 2.81. The Kier molecular flexibility index (Phi) is 2.31. The number of hydrogen-bond acceptors (Lipinski definition) is 4. The number of alkyl halides is 2. The monoisotopic (exact) mass is 201 g/mol. The van der Waals surface area contributed by atoms with Crippen LogP contribution in [-0.2, 0) is 4.74 Å². The van der Waals surface area contributed by atoms with Gasteiger partial charge in [0.1, 0.15) is 6.10 Å². The van der Waals surface area contributed by atoms with Crippen molar-refractivity contribution in [2.24, 2.45) is 0 Å². The molecule has 7 heteroatoms. The second-order valence-electron chi connectivity index (χ2n) is 2.84. The Bertz CT molecular complexity index is 208. The van der Waals surface area contributed by atoms with E-state index >= 15 is 0 Å². The molecule has 13 heavy (non-hydrogen) atoms. The highest BCUT2D eigenvalue weighted by Gasteiger charge is 2.68. The topological polar surface area (TPSA) is 69.9 Å². The van der Waals surface area contributed by atoms with Gasteiger partial charge in [0.2, 0.25) is 0 Å². The van der Waals surface area contributed by atoms with Crippen LogP contribution >= 0.6 is 0 Å². The second-order valence-corrected chi connectivity index (χ2v) is 2.84. The minimum atomic E-state index is -4.35. The van der Waals surface area contributed by atoms with Gasteiger partial charge < -0.3 is 20.1 Å². The van der Waals surface area contributed by atoms with Gasteiger partial charge in [-0.25, -0.2) is 4.39 Å². The lowest BCUT2D eigenvalue weighted by molar-refractivity contribution is -0.386. The minimum Gasteiger partial charge on any atom is -0.384 e. The van der Waals surface area contributed by atoms with Gasteiger partial charge in [0.25, 0.3) is 0 Å². The molecule has 0 aliphatic carbocycles. The number of aliphatic hydroxyl groups excluding tert-OH is 1. The van der Waals surface area contributed by atoms with E-state index in [1.54, 1.807) is 0 Å². The number of hydrogen-bond donors (Lipinski definition) is 3. The quantitative estimate of drug-likeness (QED) is 0.496. The van der Waals surface area contributed by atoms with Crippen molar-refractivity contribution in [1.82, 2.24) is 0 Å². The Morgan fingerprint density at radius 1 is 1.38 bits per heavy atom. The van der Waals surface area contributed by atoms with Crippen molar-refractivity contribution in [3.63, 3.8) is 0 Å². The lowest BCUT2D eigenvalue weighted by Gasteiger charge is -2.41. The SMILES string of the molecule is C[C@H]1O[C](F)[C@@](O)(F)[C@](O)(F)[C@H]1O. The summed E-state index contributed by atoms with van der Waals surface area (Å²) in [5.74, 6) is -8.46. The first kappa shape index (κ1) is 10.7. The molecule has 0 aromatic carbocycles. The molecule has 0 bridgehead atoms. The minimum absolute atomic E-state index is 1.00. The zero-order chi connectivity index (χ0) is 10.4. The van der Waals surface area contributed by atoms with Crippen molar-refractivity contribution in [3.05, 3.63) is 6.36 Å². The Morgan fingerprint density at radius 2 is 1.85 bits per heavy atom. The summed E-state index contributed by atoms with van der Waals surface area (Å²) in [5, 5.41) is 25.9. The first-order valence-electron chi connectivity index (χ1n) is 3.41. The van der Waals surface area contributed by atoms with Gasteiger partial charge in [-0.3, -0.25) is 0 Å². The first-order chi connectivity index (χ1) is 5.71. The van der Waals surface area contributed by atoms with Gasteiger partial charge in [0.05, 0.1) is 6.10 Å². The summed E-state index contributed by atoms with van der Waals surface area (Å²) in [6, 6.07) is 0. The predicted octanol–water partition coefficient (Wildman–Crippen LogP) is -0.459. The van der Waals surface area contributed by atoms with Crippen LogP contribution in [0.5, 0.6) is 0 Å². The first-order valence-corrected chi connectivity index (χ1v) is 3.41. The molecule has 1 radical (unpaired) electrons. The standard InChI is InChI=1S/C6H8F3O4/c1-2-3(10)5(8,11)6(9,12)4(7)13-2/h2-3,10-12H,1H3/t2-,3+,5+,6+/m1/s1. The molecule has 1 heterocycles. The highest BCUT2D eigenvalue weighted by atomic mass is 19.2. The Labute approximate surface area is 71.6 Å². The van der Waals surface area contributed by atoms with Crippen LogP contribution < -0.4 is 0 Å². The van der Waals surface area contributed by atoms with Gasteiger partial charge in [-0.1, -0.05) is 0 Å². The van der Waals surface area contributed by atoms with E-state index in [1.165, 1.54) is 0 Å². The Balaban J connectivity index is 3.00. The molecular formula is C6H8F3O4. The summed E-state index contributed by atoms with van der Waals surface area (Å²) in [6.45, 7) is 1.00. The zero-order valence-electron chi connectivity index (χ0n) is 6.54. The average molecular weight is 201 g/mol. The third-order valence-corrected chi connectivity index (χ3v) is 1.85. The van der Waals surface area contributed by atoms with Crippen LogP contribution in [0.4, 0.5) is 13.2 Å². The van der Waals surface area contributed by atoms with Crippen molar-refractivity contribution in [1.29, 1.82) is 0 Å². The summed E-state index contributed by atoms with van der Waals surface area (Å²) in [6.07, 6.45) is -6.08. The number of rotatable bonds is 0. The lowest BCUT2D eigenvalue weighted by Crippen LogP contribution is -2.65. The molecule has 0 aromatic heterocycles. The molecule has 0 saturated carbocycles. The van der Waals surface area contributed by atoms with Crippen molar-refractivity contribution in [2.45, 2.75) is 30.8 Å². The van der Waals surface area contributed by atoms with Crippen LogP contribution in [0.15, 0.2) is 0 Å². The van der Waals surface area contributed by atoms with Gasteiger partial charge in [-0.05, 0) is 6.92 Å². The molecule has 0 spiro atoms. The van der Waals surface area contributed by atoms with Crippen LogP contribution in [0.25, 0.3) is 0 Å². The summed E-state index contributed by atoms with van der Waals surface area (Å²) in [5.41, 5.74) is 0. The average Bonchev–Trinajstić information content (AvgIpc) is 2.00. The van der Waals surface area contributed by atoms with Gasteiger partial charge >= 0.3 is 18.1 Å². The number of halogens is 3. The largest absolute Gasteiger partial charge is 0.384 e. The molecule has 0 unspecified atom stereocenters. The van der Waals surface area contributed by atoms with E-state index in [1.807, 2.05) is 0 Å². The van der Waals surface area contributed by atoms with E-state index in [9.17, 15) is 13.2 Å². The maximum absolute atomic E-state index is 12.9. The summed E-state index contributed by atoms with van der Waals surface area (Å²) >= 11 is 0. The van der Waals surface area contributed by atoms with E-state index in [0.717, 1.165) is 6.92 Å². The normalized spacial score (nSPS) is 53.8. The Hall–Kier alpha value is -0.370.